The molecule has 0 aliphatic rings. The lowest BCUT2D eigenvalue weighted by Crippen LogP contribution is -2.14. The van der Waals surface area contributed by atoms with Crippen molar-refractivity contribution >= 4 is 50.5 Å². The predicted octanol–water partition coefficient (Wildman–Crippen LogP) is 4.53. The van der Waals surface area contributed by atoms with E-state index in [2.05, 4.69) is 36.3 Å². The second kappa shape index (κ2) is 7.48. The summed E-state index contributed by atoms with van der Waals surface area (Å²) in [6.07, 6.45) is 1.59. The highest BCUT2D eigenvalue weighted by molar-refractivity contribution is 9.10. The highest BCUT2D eigenvalue weighted by Gasteiger charge is 2.14. The van der Waals surface area contributed by atoms with Gasteiger partial charge in [0.1, 0.15) is 17.0 Å². The van der Waals surface area contributed by atoms with Crippen LogP contribution in [0.3, 0.4) is 0 Å². The molecule has 0 saturated heterocycles. The Morgan fingerprint density at radius 1 is 1.19 bits per heavy atom. The third-order valence-corrected chi connectivity index (χ3v) is 5.63. The molecule has 1 amide bonds. The number of hydrogen-bond donors (Lipinski definition) is 1. The molecule has 0 aliphatic carbocycles. The first kappa shape index (κ1) is 17.1. The van der Waals surface area contributed by atoms with Gasteiger partial charge in [-0.1, -0.05) is 28.1 Å². The van der Waals surface area contributed by atoms with Gasteiger partial charge in [-0.2, -0.15) is 11.3 Å². The van der Waals surface area contributed by atoms with Gasteiger partial charge in [0.2, 0.25) is 5.95 Å². The van der Waals surface area contributed by atoms with Gasteiger partial charge in [-0.15, -0.1) is 16.4 Å². The van der Waals surface area contributed by atoms with E-state index in [0.717, 1.165) is 20.6 Å². The van der Waals surface area contributed by atoms with Crippen molar-refractivity contribution in [2.45, 2.75) is 6.54 Å². The molecule has 0 spiro atoms. The maximum Gasteiger partial charge on any atom is 0.277 e. The second-order valence-electron chi connectivity index (χ2n) is 5.40. The number of carbonyl (C=O) groups is 1. The summed E-state index contributed by atoms with van der Waals surface area (Å²) in [6.45, 7) is 0.579. The fourth-order valence-electron chi connectivity index (χ4n) is 2.27. The molecule has 0 bridgehead atoms. The molecule has 1 aromatic carbocycles. The van der Waals surface area contributed by atoms with E-state index in [9.17, 15) is 4.79 Å². The third kappa shape index (κ3) is 3.90. The highest BCUT2D eigenvalue weighted by Crippen LogP contribution is 2.25. The molecule has 130 valence electrons. The van der Waals surface area contributed by atoms with Crippen molar-refractivity contribution < 1.29 is 4.79 Å². The molecule has 4 rings (SSSR count). The fourth-order valence-corrected chi connectivity index (χ4v) is 4.04. The lowest BCUT2D eigenvalue weighted by Gasteiger charge is -2.01. The predicted molar refractivity (Wildman–Crippen MR) is 107 cm³/mol. The van der Waals surface area contributed by atoms with Crippen molar-refractivity contribution in [3.63, 3.8) is 0 Å². The van der Waals surface area contributed by atoms with Crippen LogP contribution in [0.1, 0.15) is 16.1 Å². The Bertz CT molecular complexity index is 1020. The summed E-state index contributed by atoms with van der Waals surface area (Å²) in [6, 6.07) is 9.94. The van der Waals surface area contributed by atoms with Crippen molar-refractivity contribution in [3.8, 4) is 10.6 Å². The van der Waals surface area contributed by atoms with Crippen molar-refractivity contribution in [2.75, 3.05) is 5.32 Å². The van der Waals surface area contributed by atoms with Crippen LogP contribution in [0.4, 0.5) is 5.95 Å². The monoisotopic (exact) mass is 445 g/mol. The molecule has 3 aromatic heterocycles. The summed E-state index contributed by atoms with van der Waals surface area (Å²) < 4.78 is 2.70. The summed E-state index contributed by atoms with van der Waals surface area (Å²) in [5.41, 5.74) is 2.48. The molecule has 6 nitrogen and oxygen atoms in total. The van der Waals surface area contributed by atoms with Gasteiger partial charge in [0, 0.05) is 20.8 Å². The van der Waals surface area contributed by atoms with Gasteiger partial charge in [-0.25, -0.2) is 14.6 Å². The maximum atomic E-state index is 12.3. The number of thiophene rings is 1. The van der Waals surface area contributed by atoms with Gasteiger partial charge in [-0.05, 0) is 29.1 Å². The molecule has 1 N–H and O–H groups in total. The minimum Gasteiger partial charge on any atom is -0.288 e. The summed E-state index contributed by atoms with van der Waals surface area (Å²) >= 11 is 6.45. The number of halogens is 1. The van der Waals surface area contributed by atoms with Crippen LogP contribution in [0.2, 0.25) is 0 Å². The molecule has 26 heavy (non-hydrogen) atoms. The Morgan fingerprint density at radius 3 is 2.81 bits per heavy atom. The van der Waals surface area contributed by atoms with Gasteiger partial charge in [-0.3, -0.25) is 10.1 Å². The molecule has 0 fully saturated rings. The van der Waals surface area contributed by atoms with Crippen LogP contribution in [0, 0.1) is 0 Å². The summed E-state index contributed by atoms with van der Waals surface area (Å²) in [4.78, 5) is 20.9. The van der Waals surface area contributed by atoms with E-state index in [0.29, 0.717) is 12.2 Å². The van der Waals surface area contributed by atoms with E-state index in [1.807, 2.05) is 41.1 Å². The third-order valence-electron chi connectivity index (χ3n) is 3.52. The molecule has 0 aliphatic heterocycles. The van der Waals surface area contributed by atoms with Crippen molar-refractivity contribution in [1.82, 2.24) is 19.7 Å². The van der Waals surface area contributed by atoms with E-state index in [1.54, 1.807) is 27.7 Å². The standard InChI is InChI=1S/C17H12BrN5OS2/c18-13-3-1-11(2-4-13)7-23-10-19-17(22-23)21-15(24)14-9-26-16(20-14)12-5-6-25-8-12/h1-6,8-10H,7H2,(H,21,22,24). The first-order valence-corrected chi connectivity index (χ1v) is 10.2. The molecule has 0 atom stereocenters. The van der Waals surface area contributed by atoms with Crippen molar-refractivity contribution in [2.24, 2.45) is 0 Å². The number of carbonyl (C=O) groups excluding carboxylic acids is 1. The van der Waals surface area contributed by atoms with E-state index in [4.69, 9.17) is 0 Å². The van der Waals surface area contributed by atoms with Gasteiger partial charge in [0.25, 0.3) is 5.91 Å². The van der Waals surface area contributed by atoms with Crippen molar-refractivity contribution in [3.05, 3.63) is 68.5 Å². The SMILES string of the molecule is O=C(Nc1ncn(Cc2ccc(Br)cc2)n1)c1csc(-c2ccsc2)n1. The van der Waals surface area contributed by atoms with E-state index in [1.165, 1.54) is 11.3 Å². The summed E-state index contributed by atoms with van der Waals surface area (Å²) in [5.74, 6) is -0.0543. The first-order valence-electron chi connectivity index (χ1n) is 7.61. The average molecular weight is 446 g/mol. The lowest BCUT2D eigenvalue weighted by atomic mass is 10.2. The molecule has 0 unspecified atom stereocenters. The molecule has 3 heterocycles. The minimum absolute atomic E-state index is 0.261. The smallest absolute Gasteiger partial charge is 0.277 e. The number of hydrogen-bond acceptors (Lipinski definition) is 6. The number of rotatable bonds is 5. The molecular formula is C17H12BrN5OS2. The topological polar surface area (TPSA) is 72.7 Å². The summed E-state index contributed by atoms with van der Waals surface area (Å²) in [5, 5.41) is 13.5. The first-order chi connectivity index (χ1) is 12.7. The van der Waals surface area contributed by atoms with Gasteiger partial charge in [0.05, 0.1) is 6.54 Å². The average Bonchev–Trinajstić information content (AvgIpc) is 3.38. The van der Waals surface area contributed by atoms with E-state index in [-0.39, 0.29) is 11.9 Å². The Balaban J connectivity index is 1.42. The zero-order valence-electron chi connectivity index (χ0n) is 13.3. The maximum absolute atomic E-state index is 12.3. The van der Waals surface area contributed by atoms with Crippen LogP contribution >= 0.6 is 38.6 Å². The lowest BCUT2D eigenvalue weighted by molar-refractivity contribution is 0.102. The number of thiazole rings is 1. The zero-order chi connectivity index (χ0) is 17.9. The van der Waals surface area contributed by atoms with Crippen LogP contribution < -0.4 is 5.32 Å². The molecule has 0 radical (unpaired) electrons. The quantitative estimate of drug-likeness (QED) is 0.489. The van der Waals surface area contributed by atoms with Crippen LogP contribution in [0.25, 0.3) is 10.6 Å². The number of anilines is 1. The number of nitrogens with zero attached hydrogens (tertiary/aromatic N) is 4. The molecule has 0 saturated carbocycles. The summed E-state index contributed by atoms with van der Waals surface area (Å²) in [7, 11) is 0. The van der Waals surface area contributed by atoms with Crippen LogP contribution in [-0.2, 0) is 6.54 Å². The van der Waals surface area contributed by atoms with Crippen molar-refractivity contribution in [1.29, 1.82) is 0 Å². The Labute approximate surface area is 165 Å². The second-order valence-corrected chi connectivity index (χ2v) is 7.95. The van der Waals surface area contributed by atoms with Gasteiger partial charge in [0.15, 0.2) is 0 Å². The van der Waals surface area contributed by atoms with E-state index >= 15 is 0 Å². The van der Waals surface area contributed by atoms with Gasteiger partial charge < -0.3 is 0 Å². The normalized spacial score (nSPS) is 10.8. The number of aromatic nitrogens is 4. The Hall–Kier alpha value is -2.36. The number of amides is 1. The molecular weight excluding hydrogens is 434 g/mol. The van der Waals surface area contributed by atoms with Crippen LogP contribution in [-0.4, -0.2) is 25.7 Å². The highest BCUT2D eigenvalue weighted by atomic mass is 79.9. The molecule has 4 aromatic rings. The Kier molecular flexibility index (Phi) is 4.91. The van der Waals surface area contributed by atoms with E-state index < -0.39 is 0 Å². The molecule has 9 heteroatoms. The number of benzene rings is 1. The van der Waals surface area contributed by atoms with Crippen LogP contribution in [0.15, 0.2) is 57.3 Å². The zero-order valence-corrected chi connectivity index (χ0v) is 16.5. The fraction of sp³-hybridized carbons (Fsp3) is 0.0588. The minimum atomic E-state index is -0.316. The number of nitrogens with one attached hydrogen (secondary N) is 1. The van der Waals surface area contributed by atoms with Gasteiger partial charge >= 0.3 is 0 Å². The largest absolute Gasteiger partial charge is 0.288 e. The van der Waals surface area contributed by atoms with Crippen LogP contribution in [0.5, 0.6) is 0 Å². The Morgan fingerprint density at radius 2 is 2.04 bits per heavy atom.